The van der Waals surface area contributed by atoms with E-state index >= 15 is 0 Å². The van der Waals surface area contributed by atoms with Gasteiger partial charge in [0.15, 0.2) is 0 Å². The van der Waals surface area contributed by atoms with Gasteiger partial charge in [-0.05, 0) is 48.0 Å². The lowest BCUT2D eigenvalue weighted by atomic mass is 10.1. The molecule has 9 heteroatoms. The largest absolute Gasteiger partial charge is 0.492 e. The number of aromatic nitrogens is 4. The molecule has 0 atom stereocenters. The van der Waals surface area contributed by atoms with Gasteiger partial charge in [0, 0.05) is 12.3 Å². The van der Waals surface area contributed by atoms with Gasteiger partial charge >= 0.3 is 0 Å². The maximum absolute atomic E-state index is 12.4. The van der Waals surface area contributed by atoms with Gasteiger partial charge < -0.3 is 4.74 Å². The number of carbonyl (C=O) groups excluding carboxylic acids is 2. The Kier molecular flexibility index (Phi) is 5.57. The van der Waals surface area contributed by atoms with Crippen molar-refractivity contribution in [3.8, 4) is 11.4 Å². The zero-order valence-electron chi connectivity index (χ0n) is 15.8. The molecule has 0 spiro atoms. The van der Waals surface area contributed by atoms with Crippen molar-refractivity contribution in [3.05, 3.63) is 59.7 Å². The monoisotopic (exact) mass is 409 g/mol. The molecule has 2 heterocycles. The van der Waals surface area contributed by atoms with Crippen molar-refractivity contribution >= 4 is 23.6 Å². The fraction of sp³-hybridized carbons (Fsp3) is 0.250. The number of fused-ring (bicyclic) bond motifs is 1. The SMILES string of the molecule is CCOc1ccccc1-n1nnnc1SCCCN1C(=O)c2ccccc2C1=O. The quantitative estimate of drug-likeness (QED) is 0.321. The summed E-state index contributed by atoms with van der Waals surface area (Å²) in [5, 5.41) is 12.6. The Morgan fingerprint density at radius 3 is 2.41 bits per heavy atom. The maximum Gasteiger partial charge on any atom is 0.261 e. The number of nitrogens with zero attached hydrogens (tertiary/aromatic N) is 5. The highest BCUT2D eigenvalue weighted by atomic mass is 32.2. The summed E-state index contributed by atoms with van der Waals surface area (Å²) in [5.41, 5.74) is 1.71. The average molecular weight is 409 g/mol. The molecule has 0 saturated carbocycles. The summed E-state index contributed by atoms with van der Waals surface area (Å²) in [6, 6.07) is 14.5. The van der Waals surface area contributed by atoms with E-state index in [1.54, 1.807) is 28.9 Å². The Hall–Kier alpha value is -3.20. The normalized spacial score (nSPS) is 13.1. The summed E-state index contributed by atoms with van der Waals surface area (Å²) in [6.07, 6.45) is 0.635. The molecule has 0 saturated heterocycles. The molecule has 2 aromatic carbocycles. The van der Waals surface area contributed by atoms with E-state index in [9.17, 15) is 9.59 Å². The van der Waals surface area contributed by atoms with Crippen LogP contribution in [0, 0.1) is 0 Å². The number of ether oxygens (including phenoxy) is 1. The van der Waals surface area contributed by atoms with Crippen LogP contribution < -0.4 is 4.74 Å². The first kappa shape index (κ1) is 19.1. The Labute approximate surface area is 171 Å². The van der Waals surface area contributed by atoms with Gasteiger partial charge in [-0.25, -0.2) is 0 Å². The summed E-state index contributed by atoms with van der Waals surface area (Å²) in [6.45, 7) is 2.82. The van der Waals surface area contributed by atoms with Gasteiger partial charge in [-0.2, -0.15) is 4.68 Å². The predicted molar refractivity (Wildman–Crippen MR) is 107 cm³/mol. The molecule has 0 radical (unpaired) electrons. The highest BCUT2D eigenvalue weighted by Gasteiger charge is 2.34. The molecular weight excluding hydrogens is 390 g/mol. The second kappa shape index (κ2) is 8.44. The zero-order valence-corrected chi connectivity index (χ0v) is 16.6. The van der Waals surface area contributed by atoms with Gasteiger partial charge in [-0.3, -0.25) is 14.5 Å². The summed E-state index contributed by atoms with van der Waals surface area (Å²) in [5.74, 6) is 0.900. The van der Waals surface area contributed by atoms with Gasteiger partial charge in [0.1, 0.15) is 11.4 Å². The Morgan fingerprint density at radius 1 is 1.00 bits per heavy atom. The average Bonchev–Trinajstić information content (AvgIpc) is 3.30. The third-order valence-corrected chi connectivity index (χ3v) is 5.48. The second-order valence-corrected chi connectivity index (χ2v) is 7.35. The van der Waals surface area contributed by atoms with E-state index in [0.29, 0.717) is 47.4 Å². The molecule has 0 N–H and O–H groups in total. The number of carbonyl (C=O) groups is 2. The number of amides is 2. The standard InChI is InChI=1S/C20H19N5O3S/c1-2-28-17-11-6-5-10-16(17)25-20(21-22-23-25)29-13-7-12-24-18(26)14-8-3-4-9-15(14)19(24)27/h3-6,8-11H,2,7,12-13H2,1H3. The number of para-hydroxylation sites is 2. The van der Waals surface area contributed by atoms with Crippen molar-refractivity contribution in [1.29, 1.82) is 0 Å². The van der Waals surface area contributed by atoms with E-state index < -0.39 is 0 Å². The second-order valence-electron chi connectivity index (χ2n) is 6.28. The molecule has 0 fully saturated rings. The molecule has 3 aromatic rings. The number of hydrogen-bond donors (Lipinski definition) is 0. The number of tetrazole rings is 1. The Balaban J connectivity index is 1.38. The molecule has 0 bridgehead atoms. The van der Waals surface area contributed by atoms with Crippen LogP contribution in [0.2, 0.25) is 0 Å². The lowest BCUT2D eigenvalue weighted by molar-refractivity contribution is 0.0655. The molecule has 1 aliphatic rings. The van der Waals surface area contributed by atoms with Gasteiger partial charge in [0.2, 0.25) is 5.16 Å². The van der Waals surface area contributed by atoms with Crippen LogP contribution in [0.25, 0.3) is 5.69 Å². The number of thioether (sulfide) groups is 1. The van der Waals surface area contributed by atoms with Crippen molar-refractivity contribution in [2.45, 2.75) is 18.5 Å². The Bertz CT molecular complexity index is 1020. The van der Waals surface area contributed by atoms with E-state index in [1.165, 1.54) is 16.7 Å². The van der Waals surface area contributed by atoms with Gasteiger partial charge in [-0.1, -0.05) is 36.0 Å². The number of imide groups is 1. The van der Waals surface area contributed by atoms with Gasteiger partial charge in [0.05, 0.1) is 17.7 Å². The lowest BCUT2D eigenvalue weighted by Gasteiger charge is -2.13. The van der Waals surface area contributed by atoms with Crippen LogP contribution in [0.3, 0.4) is 0 Å². The highest BCUT2D eigenvalue weighted by molar-refractivity contribution is 7.99. The maximum atomic E-state index is 12.4. The molecule has 0 aliphatic carbocycles. The van der Waals surface area contributed by atoms with Crippen LogP contribution in [0.5, 0.6) is 5.75 Å². The minimum Gasteiger partial charge on any atom is -0.492 e. The number of benzene rings is 2. The van der Waals surface area contributed by atoms with Gasteiger partial charge in [0.25, 0.3) is 11.8 Å². The summed E-state index contributed by atoms with van der Waals surface area (Å²) < 4.78 is 7.29. The molecule has 0 unspecified atom stereocenters. The highest BCUT2D eigenvalue weighted by Crippen LogP contribution is 2.27. The van der Waals surface area contributed by atoms with Crippen molar-refractivity contribution in [1.82, 2.24) is 25.1 Å². The van der Waals surface area contributed by atoms with E-state index in [4.69, 9.17) is 4.74 Å². The van der Waals surface area contributed by atoms with E-state index in [2.05, 4.69) is 15.5 Å². The van der Waals surface area contributed by atoms with Crippen LogP contribution in [0.1, 0.15) is 34.1 Å². The Morgan fingerprint density at radius 2 is 1.69 bits per heavy atom. The van der Waals surface area contributed by atoms with Crippen LogP contribution >= 0.6 is 11.8 Å². The predicted octanol–water partition coefficient (Wildman–Crippen LogP) is 2.84. The van der Waals surface area contributed by atoms with E-state index in [1.807, 2.05) is 31.2 Å². The van der Waals surface area contributed by atoms with Crippen molar-refractivity contribution in [2.24, 2.45) is 0 Å². The molecule has 8 nitrogen and oxygen atoms in total. The van der Waals surface area contributed by atoms with E-state index in [-0.39, 0.29) is 11.8 Å². The topological polar surface area (TPSA) is 90.2 Å². The molecule has 1 aliphatic heterocycles. The number of rotatable bonds is 8. The molecule has 2 amide bonds. The van der Waals surface area contributed by atoms with Crippen LogP contribution in [0.4, 0.5) is 0 Å². The number of hydrogen-bond acceptors (Lipinski definition) is 7. The zero-order chi connectivity index (χ0) is 20.2. The summed E-state index contributed by atoms with van der Waals surface area (Å²) in [7, 11) is 0. The molecule has 29 heavy (non-hydrogen) atoms. The third-order valence-electron chi connectivity index (χ3n) is 4.47. The first-order valence-electron chi connectivity index (χ1n) is 9.29. The lowest BCUT2D eigenvalue weighted by Crippen LogP contribution is -2.31. The minimum absolute atomic E-state index is 0.230. The summed E-state index contributed by atoms with van der Waals surface area (Å²) >= 11 is 1.47. The van der Waals surface area contributed by atoms with Crippen LogP contribution in [-0.2, 0) is 0 Å². The smallest absolute Gasteiger partial charge is 0.261 e. The van der Waals surface area contributed by atoms with Crippen molar-refractivity contribution < 1.29 is 14.3 Å². The van der Waals surface area contributed by atoms with Gasteiger partial charge in [-0.15, -0.1) is 5.10 Å². The van der Waals surface area contributed by atoms with E-state index in [0.717, 1.165) is 5.69 Å². The van der Waals surface area contributed by atoms with Crippen molar-refractivity contribution in [3.63, 3.8) is 0 Å². The van der Waals surface area contributed by atoms with Crippen LogP contribution in [0.15, 0.2) is 53.7 Å². The first-order valence-corrected chi connectivity index (χ1v) is 10.3. The first-order chi connectivity index (χ1) is 14.2. The summed E-state index contributed by atoms with van der Waals surface area (Å²) in [4.78, 5) is 26.1. The minimum atomic E-state index is -0.230. The fourth-order valence-electron chi connectivity index (χ4n) is 3.16. The van der Waals surface area contributed by atoms with Crippen LogP contribution in [-0.4, -0.2) is 55.8 Å². The third kappa shape index (κ3) is 3.73. The molecule has 148 valence electrons. The molecular formula is C20H19N5O3S. The molecule has 4 rings (SSSR count). The molecule has 1 aromatic heterocycles. The fourth-order valence-corrected chi connectivity index (χ4v) is 3.97. The van der Waals surface area contributed by atoms with Crippen molar-refractivity contribution in [2.75, 3.05) is 18.9 Å².